The summed E-state index contributed by atoms with van der Waals surface area (Å²) in [6.07, 6.45) is 0. The van der Waals surface area contributed by atoms with Crippen LogP contribution < -0.4 is 19.3 Å². The number of ether oxygens (including phenoxy) is 2. The maximum atomic E-state index is 6.79. The summed E-state index contributed by atoms with van der Waals surface area (Å²) in [5.74, 6) is 3.50. The SMILES string of the molecule is CC(C)(C)c1cc2ccc3c(N4c5ccccc5C5(c6ccccc6Oc6ccccc65)c5ccccc54)cc(N4c5ccccc5C5(c6ccccc6Oc6ccccc65)c5ccccc54)c4ccc(c1)c2c34. The van der Waals surface area contributed by atoms with E-state index in [0.717, 1.165) is 79.4 Å². The van der Waals surface area contributed by atoms with E-state index >= 15 is 0 Å². The molecule has 74 heavy (non-hydrogen) atoms. The lowest BCUT2D eigenvalue weighted by Crippen LogP contribution is -2.40. The molecule has 0 aliphatic carbocycles. The largest absolute Gasteiger partial charge is 0.457 e. The van der Waals surface area contributed by atoms with E-state index in [1.54, 1.807) is 0 Å². The van der Waals surface area contributed by atoms with Crippen molar-refractivity contribution in [3.8, 4) is 23.0 Å². The molecule has 0 fully saturated rings. The van der Waals surface area contributed by atoms with E-state index in [-0.39, 0.29) is 5.41 Å². The van der Waals surface area contributed by atoms with E-state index in [2.05, 4.69) is 267 Å². The maximum absolute atomic E-state index is 6.79. The first kappa shape index (κ1) is 41.5. The number of anilines is 6. The second-order valence-corrected chi connectivity index (χ2v) is 21.5. The molecule has 4 aliphatic rings. The third-order valence-electron chi connectivity index (χ3n) is 16.8. The molecule has 0 saturated heterocycles. The maximum Gasteiger partial charge on any atom is 0.132 e. The van der Waals surface area contributed by atoms with Gasteiger partial charge in [-0.15, -0.1) is 0 Å². The Labute approximate surface area is 430 Å². The third-order valence-corrected chi connectivity index (χ3v) is 16.8. The first-order valence-electron chi connectivity index (χ1n) is 25.8. The Hall–Kier alpha value is -9.12. The van der Waals surface area contributed by atoms with Crippen LogP contribution in [0.5, 0.6) is 23.0 Å². The van der Waals surface area contributed by atoms with Crippen LogP contribution in [0.1, 0.15) is 70.8 Å². The van der Waals surface area contributed by atoms with Gasteiger partial charge in [0.15, 0.2) is 0 Å². The molecular formula is C70H48N2O2. The van der Waals surface area contributed by atoms with Crippen LogP contribution in [0.4, 0.5) is 34.1 Å². The van der Waals surface area contributed by atoms with Crippen molar-refractivity contribution in [3.63, 3.8) is 0 Å². The zero-order valence-electron chi connectivity index (χ0n) is 41.2. The van der Waals surface area contributed by atoms with Gasteiger partial charge in [-0.2, -0.15) is 0 Å². The minimum atomic E-state index is -0.666. The van der Waals surface area contributed by atoms with Gasteiger partial charge in [0.05, 0.1) is 45.0 Å². The molecule has 4 aliphatic heterocycles. The van der Waals surface area contributed by atoms with E-state index < -0.39 is 10.8 Å². The quantitative estimate of drug-likeness (QED) is 0.161. The van der Waals surface area contributed by atoms with Gasteiger partial charge in [-0.05, 0) is 104 Å². The molecule has 0 radical (unpaired) electrons. The van der Waals surface area contributed by atoms with Crippen molar-refractivity contribution < 1.29 is 9.47 Å². The highest BCUT2D eigenvalue weighted by Crippen LogP contribution is 2.66. The fourth-order valence-corrected chi connectivity index (χ4v) is 13.8. The lowest BCUT2D eigenvalue weighted by molar-refractivity contribution is 0.434. The molecule has 12 aromatic carbocycles. The molecule has 0 bridgehead atoms. The van der Waals surface area contributed by atoms with E-state index in [1.165, 1.54) is 60.1 Å². The molecule has 0 atom stereocenters. The molecule has 0 aromatic heterocycles. The van der Waals surface area contributed by atoms with Gasteiger partial charge in [-0.1, -0.05) is 203 Å². The summed E-state index contributed by atoms with van der Waals surface area (Å²) in [5.41, 5.74) is 16.1. The van der Waals surface area contributed by atoms with Crippen LogP contribution in [0.2, 0.25) is 0 Å². The molecule has 0 N–H and O–H groups in total. The normalized spacial score (nSPS) is 15.1. The molecule has 0 saturated carbocycles. The number of hydrogen-bond donors (Lipinski definition) is 0. The predicted octanol–water partition coefficient (Wildman–Crippen LogP) is 18.4. The van der Waals surface area contributed by atoms with Crippen molar-refractivity contribution in [2.45, 2.75) is 37.0 Å². The van der Waals surface area contributed by atoms with Crippen molar-refractivity contribution >= 4 is 66.4 Å². The Bertz CT molecular complexity index is 3900. The summed E-state index contributed by atoms with van der Waals surface area (Å²) in [4.78, 5) is 5.14. The first-order valence-corrected chi connectivity index (χ1v) is 25.8. The Morgan fingerprint density at radius 3 is 0.919 bits per heavy atom. The lowest BCUT2D eigenvalue weighted by atomic mass is 9.61. The highest BCUT2D eigenvalue weighted by molar-refractivity contribution is 6.29. The molecule has 350 valence electrons. The molecule has 12 aromatic rings. The van der Waals surface area contributed by atoms with Crippen molar-refractivity contribution in [2.24, 2.45) is 0 Å². The number of hydrogen-bond acceptors (Lipinski definition) is 4. The van der Waals surface area contributed by atoms with Crippen LogP contribution in [0.25, 0.3) is 32.3 Å². The van der Waals surface area contributed by atoms with Gasteiger partial charge in [0.1, 0.15) is 23.0 Å². The van der Waals surface area contributed by atoms with Gasteiger partial charge in [-0.25, -0.2) is 0 Å². The predicted molar refractivity (Wildman–Crippen MR) is 302 cm³/mol. The Balaban J connectivity index is 1.04. The number of rotatable bonds is 2. The summed E-state index contributed by atoms with van der Waals surface area (Å²) >= 11 is 0. The van der Waals surface area contributed by atoms with E-state index in [4.69, 9.17) is 9.47 Å². The fourth-order valence-electron chi connectivity index (χ4n) is 13.8. The smallest absolute Gasteiger partial charge is 0.132 e. The molecule has 0 unspecified atom stereocenters. The molecule has 4 heteroatoms. The zero-order chi connectivity index (χ0) is 49.1. The standard InChI is InChI=1S/C70H48N2O2/c1-68(2,3)45-40-43-36-38-46-60(71-56-28-12-4-20-48(56)69(49-21-5-13-29-57(49)71)52-24-8-16-32-62(52)73-63-33-17-9-25-53(63)69)42-61(47-39-37-44(41-45)66(43)67(46)47)72-58-30-14-6-22-50(58)70(51-23-7-15-31-59(51)72)54-26-10-18-34-64(54)74-65-35-19-11-27-55(65)70/h4-42H,1-3H3. The average Bonchev–Trinajstić information content (AvgIpc) is 3.44. The Morgan fingerprint density at radius 1 is 0.297 bits per heavy atom. The first-order chi connectivity index (χ1) is 36.3. The van der Waals surface area contributed by atoms with Crippen molar-refractivity contribution in [3.05, 3.63) is 287 Å². The van der Waals surface area contributed by atoms with Crippen LogP contribution in [-0.4, -0.2) is 0 Å². The highest BCUT2D eigenvalue weighted by Gasteiger charge is 2.53. The number of fused-ring (bicyclic) bond motifs is 16. The van der Waals surface area contributed by atoms with Crippen molar-refractivity contribution in [2.75, 3.05) is 9.80 Å². The fraction of sp³-hybridized carbons (Fsp3) is 0.0857. The van der Waals surface area contributed by atoms with Crippen LogP contribution in [0.15, 0.2) is 237 Å². The third kappa shape index (κ3) is 5.21. The van der Waals surface area contributed by atoms with Crippen molar-refractivity contribution in [1.29, 1.82) is 0 Å². The second-order valence-electron chi connectivity index (χ2n) is 21.5. The van der Waals surface area contributed by atoms with Crippen LogP contribution in [-0.2, 0) is 16.2 Å². The molecule has 4 nitrogen and oxygen atoms in total. The van der Waals surface area contributed by atoms with E-state index in [1.807, 2.05) is 0 Å². The highest BCUT2D eigenvalue weighted by atomic mass is 16.5. The Kier molecular flexibility index (Phi) is 8.27. The minimum Gasteiger partial charge on any atom is -0.457 e. The summed E-state index contributed by atoms with van der Waals surface area (Å²) in [5, 5.41) is 7.41. The molecule has 16 rings (SSSR count). The minimum absolute atomic E-state index is 0.0298. The van der Waals surface area contributed by atoms with Gasteiger partial charge in [0, 0.05) is 38.4 Å². The topological polar surface area (TPSA) is 24.9 Å². The van der Waals surface area contributed by atoms with Gasteiger partial charge in [0.25, 0.3) is 0 Å². The molecule has 2 spiro atoms. The number of benzene rings is 12. The van der Waals surface area contributed by atoms with Crippen molar-refractivity contribution in [1.82, 2.24) is 0 Å². The van der Waals surface area contributed by atoms with Gasteiger partial charge in [-0.3, -0.25) is 0 Å². The van der Waals surface area contributed by atoms with Crippen LogP contribution in [0.3, 0.4) is 0 Å². The van der Waals surface area contributed by atoms with Crippen LogP contribution >= 0.6 is 0 Å². The van der Waals surface area contributed by atoms with Gasteiger partial charge < -0.3 is 19.3 Å². The Morgan fingerprint density at radius 2 is 0.595 bits per heavy atom. The molecular weight excluding hydrogens is 901 g/mol. The summed E-state index contributed by atoms with van der Waals surface area (Å²) in [6.45, 7) is 6.95. The number of para-hydroxylation sites is 8. The molecule has 0 amide bonds. The lowest BCUT2D eigenvalue weighted by Gasteiger charge is -2.49. The second kappa shape index (κ2) is 14.7. The van der Waals surface area contributed by atoms with E-state index in [0.29, 0.717) is 0 Å². The average molecular weight is 949 g/mol. The molecule has 4 heterocycles. The van der Waals surface area contributed by atoms with Gasteiger partial charge in [0.2, 0.25) is 0 Å². The summed E-state index contributed by atoms with van der Waals surface area (Å²) in [7, 11) is 0. The number of nitrogens with zero attached hydrogens (tertiary/aromatic N) is 2. The summed E-state index contributed by atoms with van der Waals surface area (Å²) < 4.78 is 13.6. The van der Waals surface area contributed by atoms with Gasteiger partial charge >= 0.3 is 0 Å². The van der Waals surface area contributed by atoms with E-state index in [9.17, 15) is 0 Å². The monoisotopic (exact) mass is 948 g/mol. The zero-order valence-corrected chi connectivity index (χ0v) is 41.2. The van der Waals surface area contributed by atoms with Crippen LogP contribution in [0, 0.1) is 0 Å². The summed E-state index contributed by atoms with van der Waals surface area (Å²) in [6, 6.07) is 87.8.